The minimum atomic E-state index is -0.130. The molecule has 0 saturated carbocycles. The molecule has 0 atom stereocenters. The van der Waals surface area contributed by atoms with Gasteiger partial charge in [-0.1, -0.05) is 18.2 Å². The van der Waals surface area contributed by atoms with Crippen molar-refractivity contribution in [2.24, 2.45) is 7.05 Å². The first-order valence-electron chi connectivity index (χ1n) is 11.0. The van der Waals surface area contributed by atoms with Crippen LogP contribution in [0.3, 0.4) is 0 Å². The Morgan fingerprint density at radius 3 is 2.41 bits per heavy atom. The largest absolute Gasteiger partial charge is 0.497 e. The molecule has 0 saturated heterocycles. The molecule has 0 aliphatic carbocycles. The SMILES string of the molecule is COc1cccc(-n2c(C=Cc3c(C)n(C)c4ccc(OC)cc34)nc3ccccc3c2=O)c1. The Balaban J connectivity index is 1.75. The second-order valence-electron chi connectivity index (χ2n) is 8.10. The summed E-state index contributed by atoms with van der Waals surface area (Å²) in [6.45, 7) is 2.08. The number of aryl methyl sites for hydroxylation is 1. The first kappa shape index (κ1) is 21.5. The van der Waals surface area contributed by atoms with Crippen LogP contribution in [0.1, 0.15) is 17.1 Å². The maximum atomic E-state index is 13.6. The highest BCUT2D eigenvalue weighted by Gasteiger charge is 2.14. The normalized spacial score (nSPS) is 11.5. The van der Waals surface area contributed by atoms with Crippen molar-refractivity contribution < 1.29 is 9.47 Å². The van der Waals surface area contributed by atoms with Crippen LogP contribution in [0.25, 0.3) is 39.6 Å². The van der Waals surface area contributed by atoms with Gasteiger partial charge in [-0.05, 0) is 61.5 Å². The van der Waals surface area contributed by atoms with E-state index >= 15 is 0 Å². The third kappa shape index (κ3) is 3.53. The van der Waals surface area contributed by atoms with Crippen LogP contribution in [0.5, 0.6) is 11.5 Å². The van der Waals surface area contributed by atoms with Gasteiger partial charge in [-0.3, -0.25) is 9.36 Å². The molecule has 0 fully saturated rings. The summed E-state index contributed by atoms with van der Waals surface area (Å²) in [5.41, 5.74) is 4.48. The number of para-hydroxylation sites is 1. The molecule has 170 valence electrons. The van der Waals surface area contributed by atoms with Crippen LogP contribution < -0.4 is 15.0 Å². The number of nitrogens with zero attached hydrogens (tertiary/aromatic N) is 3. The van der Waals surface area contributed by atoms with E-state index in [-0.39, 0.29) is 5.56 Å². The van der Waals surface area contributed by atoms with Crippen LogP contribution in [0.2, 0.25) is 0 Å². The van der Waals surface area contributed by atoms with Crippen molar-refractivity contribution in [1.29, 1.82) is 0 Å². The van der Waals surface area contributed by atoms with Crippen molar-refractivity contribution in [3.05, 3.63) is 94.2 Å². The summed E-state index contributed by atoms with van der Waals surface area (Å²) in [5.74, 6) is 2.01. The standard InChI is InChI=1S/C28H25N3O3/c1-18-22(24-17-21(34-4)12-14-26(24)30(18)2)13-15-27-29-25-11-6-5-10-23(25)28(32)31(27)19-8-7-9-20(16-19)33-3/h5-17H,1-4H3. The average Bonchev–Trinajstić information content (AvgIpc) is 3.11. The van der Waals surface area contributed by atoms with Crippen molar-refractivity contribution >= 4 is 34.0 Å². The molecule has 2 heterocycles. The topological polar surface area (TPSA) is 58.3 Å². The van der Waals surface area contributed by atoms with Gasteiger partial charge in [0.2, 0.25) is 0 Å². The van der Waals surface area contributed by atoms with Crippen molar-refractivity contribution in [3.8, 4) is 17.2 Å². The second-order valence-corrected chi connectivity index (χ2v) is 8.10. The van der Waals surface area contributed by atoms with E-state index in [1.165, 1.54) is 0 Å². The summed E-state index contributed by atoms with van der Waals surface area (Å²) in [6.07, 6.45) is 3.92. The maximum Gasteiger partial charge on any atom is 0.266 e. The van der Waals surface area contributed by atoms with Crippen LogP contribution >= 0.6 is 0 Å². The maximum absolute atomic E-state index is 13.6. The highest BCUT2D eigenvalue weighted by molar-refractivity contribution is 5.94. The lowest BCUT2D eigenvalue weighted by molar-refractivity contribution is 0.414. The monoisotopic (exact) mass is 451 g/mol. The van der Waals surface area contributed by atoms with Crippen molar-refractivity contribution in [2.75, 3.05) is 14.2 Å². The van der Waals surface area contributed by atoms with E-state index in [2.05, 4.69) is 17.6 Å². The Hall–Kier alpha value is -4.32. The fraction of sp³-hybridized carbons (Fsp3) is 0.143. The molecule has 0 bridgehead atoms. The highest BCUT2D eigenvalue weighted by atomic mass is 16.5. The van der Waals surface area contributed by atoms with Gasteiger partial charge in [-0.2, -0.15) is 0 Å². The minimum absolute atomic E-state index is 0.130. The molecule has 0 amide bonds. The van der Waals surface area contributed by atoms with Crippen molar-refractivity contribution in [3.63, 3.8) is 0 Å². The van der Waals surface area contributed by atoms with Gasteiger partial charge in [0.25, 0.3) is 5.56 Å². The zero-order valence-corrected chi connectivity index (χ0v) is 19.6. The smallest absolute Gasteiger partial charge is 0.266 e. The summed E-state index contributed by atoms with van der Waals surface area (Å²) >= 11 is 0. The number of benzene rings is 3. The van der Waals surface area contributed by atoms with Crippen LogP contribution in [0.15, 0.2) is 71.5 Å². The summed E-state index contributed by atoms with van der Waals surface area (Å²) < 4.78 is 14.6. The number of hydrogen-bond donors (Lipinski definition) is 0. The average molecular weight is 452 g/mol. The third-order valence-electron chi connectivity index (χ3n) is 6.26. The van der Waals surface area contributed by atoms with E-state index in [0.29, 0.717) is 28.2 Å². The Labute approximate surface area is 197 Å². The number of aromatic nitrogens is 3. The fourth-order valence-corrected chi connectivity index (χ4v) is 4.34. The van der Waals surface area contributed by atoms with Gasteiger partial charge in [-0.15, -0.1) is 0 Å². The molecular weight excluding hydrogens is 426 g/mol. The molecule has 0 aliphatic rings. The zero-order chi connectivity index (χ0) is 23.8. The van der Waals surface area contributed by atoms with Crippen LogP contribution in [-0.4, -0.2) is 28.3 Å². The molecule has 6 heteroatoms. The van der Waals surface area contributed by atoms with Gasteiger partial charge in [0.05, 0.1) is 30.8 Å². The van der Waals surface area contributed by atoms with E-state index in [9.17, 15) is 4.79 Å². The summed E-state index contributed by atoms with van der Waals surface area (Å²) in [4.78, 5) is 18.4. The molecule has 0 N–H and O–H groups in total. The lowest BCUT2D eigenvalue weighted by Gasteiger charge is -2.12. The Bertz CT molecular complexity index is 1630. The summed E-state index contributed by atoms with van der Waals surface area (Å²) in [6, 6.07) is 20.9. The Morgan fingerprint density at radius 2 is 1.62 bits per heavy atom. The fourth-order valence-electron chi connectivity index (χ4n) is 4.34. The van der Waals surface area contributed by atoms with E-state index in [0.717, 1.165) is 27.9 Å². The molecule has 34 heavy (non-hydrogen) atoms. The van der Waals surface area contributed by atoms with Gasteiger partial charge in [-0.25, -0.2) is 4.98 Å². The van der Waals surface area contributed by atoms with Crippen molar-refractivity contribution in [2.45, 2.75) is 6.92 Å². The second kappa shape index (κ2) is 8.56. The molecular formula is C28H25N3O3. The molecule has 0 radical (unpaired) electrons. The number of methoxy groups -OCH3 is 2. The van der Waals surface area contributed by atoms with Gasteiger partial charge in [0.15, 0.2) is 0 Å². The number of hydrogen-bond acceptors (Lipinski definition) is 4. The van der Waals surface area contributed by atoms with Crippen molar-refractivity contribution in [1.82, 2.24) is 14.1 Å². The van der Waals surface area contributed by atoms with E-state index in [1.807, 2.05) is 73.8 Å². The zero-order valence-electron chi connectivity index (χ0n) is 19.6. The molecule has 2 aromatic heterocycles. The lowest BCUT2D eigenvalue weighted by atomic mass is 10.1. The Kier molecular flexibility index (Phi) is 5.42. The van der Waals surface area contributed by atoms with E-state index in [4.69, 9.17) is 14.5 Å². The van der Waals surface area contributed by atoms with Crippen LogP contribution in [0.4, 0.5) is 0 Å². The molecule has 3 aromatic carbocycles. The first-order chi connectivity index (χ1) is 16.5. The lowest BCUT2D eigenvalue weighted by Crippen LogP contribution is -2.22. The predicted octanol–water partition coefficient (Wildman–Crippen LogP) is 5.37. The summed E-state index contributed by atoms with van der Waals surface area (Å²) in [5, 5.41) is 1.64. The number of rotatable bonds is 5. The first-order valence-corrected chi connectivity index (χ1v) is 11.0. The quantitative estimate of drug-likeness (QED) is 0.360. The number of fused-ring (bicyclic) bond motifs is 2. The van der Waals surface area contributed by atoms with Crippen LogP contribution in [-0.2, 0) is 7.05 Å². The minimum Gasteiger partial charge on any atom is -0.497 e. The number of ether oxygens (including phenoxy) is 2. The van der Waals surface area contributed by atoms with E-state index in [1.54, 1.807) is 24.9 Å². The van der Waals surface area contributed by atoms with Gasteiger partial charge in [0.1, 0.15) is 17.3 Å². The Morgan fingerprint density at radius 1 is 0.853 bits per heavy atom. The molecule has 6 nitrogen and oxygen atoms in total. The predicted molar refractivity (Wildman–Crippen MR) is 137 cm³/mol. The third-order valence-corrected chi connectivity index (χ3v) is 6.26. The van der Waals surface area contributed by atoms with Gasteiger partial charge < -0.3 is 14.0 Å². The van der Waals surface area contributed by atoms with Gasteiger partial charge >= 0.3 is 0 Å². The highest BCUT2D eigenvalue weighted by Crippen LogP contribution is 2.30. The molecule has 0 unspecified atom stereocenters. The van der Waals surface area contributed by atoms with Gasteiger partial charge in [0, 0.05) is 35.3 Å². The molecule has 5 rings (SSSR count). The molecule has 5 aromatic rings. The molecule has 0 aliphatic heterocycles. The molecule has 0 spiro atoms. The van der Waals surface area contributed by atoms with E-state index < -0.39 is 0 Å². The summed E-state index contributed by atoms with van der Waals surface area (Å²) in [7, 11) is 5.32. The van der Waals surface area contributed by atoms with Crippen LogP contribution in [0, 0.1) is 6.92 Å².